The number of hydrogen-bond acceptors (Lipinski definition) is 4. The number of guanidine groups is 1. The third kappa shape index (κ3) is 7.60. The molecule has 0 bridgehead atoms. The van der Waals surface area contributed by atoms with E-state index in [4.69, 9.17) is 4.74 Å². The highest BCUT2D eigenvalue weighted by atomic mass is 127. The highest BCUT2D eigenvalue weighted by molar-refractivity contribution is 14.0. The normalized spacial score (nSPS) is 11.6. The van der Waals surface area contributed by atoms with Gasteiger partial charge in [0.25, 0.3) is 5.69 Å². The van der Waals surface area contributed by atoms with Crippen molar-refractivity contribution in [2.24, 2.45) is 4.99 Å². The zero-order valence-electron chi connectivity index (χ0n) is 14.0. The number of nitrogens with zero attached hydrogens (tertiary/aromatic N) is 2. The maximum absolute atomic E-state index is 11.0. The lowest BCUT2D eigenvalue weighted by Gasteiger charge is -2.24. The molecule has 0 spiro atoms. The van der Waals surface area contributed by atoms with Crippen molar-refractivity contribution in [3.05, 3.63) is 39.9 Å². The lowest BCUT2D eigenvalue weighted by molar-refractivity contribution is -0.385. The lowest BCUT2D eigenvalue weighted by atomic mass is 10.1. The van der Waals surface area contributed by atoms with Crippen LogP contribution in [0.25, 0.3) is 0 Å². The number of nitro groups is 1. The van der Waals surface area contributed by atoms with Crippen LogP contribution in [0.3, 0.4) is 0 Å². The molecule has 0 aromatic heterocycles. The van der Waals surface area contributed by atoms with Crippen molar-refractivity contribution in [1.29, 1.82) is 0 Å². The molecule has 1 rings (SSSR count). The summed E-state index contributed by atoms with van der Waals surface area (Å²) in [4.78, 5) is 15.0. The molecule has 1 aromatic rings. The molecule has 0 aliphatic rings. The van der Waals surface area contributed by atoms with Crippen LogP contribution in [0.5, 0.6) is 0 Å². The van der Waals surface area contributed by atoms with Gasteiger partial charge in [-0.15, -0.1) is 24.0 Å². The van der Waals surface area contributed by atoms with Gasteiger partial charge in [0.2, 0.25) is 0 Å². The average molecular weight is 436 g/mol. The molecule has 0 aliphatic heterocycles. The molecule has 1 aromatic carbocycles. The maximum Gasteiger partial charge on any atom is 0.274 e. The van der Waals surface area contributed by atoms with Crippen LogP contribution in [0.1, 0.15) is 26.3 Å². The summed E-state index contributed by atoms with van der Waals surface area (Å²) in [6, 6.07) is 6.62. The SMILES string of the molecule is CCNC(=NCc1ccccc1[N+](=O)[O-])NCC(C)(C)OC.I. The Morgan fingerprint density at radius 1 is 1.35 bits per heavy atom. The monoisotopic (exact) mass is 436 g/mol. The van der Waals surface area contributed by atoms with Crippen LogP contribution in [-0.4, -0.2) is 36.7 Å². The second-order valence-corrected chi connectivity index (χ2v) is 5.40. The van der Waals surface area contributed by atoms with Crippen LogP contribution in [-0.2, 0) is 11.3 Å². The number of hydrogen-bond donors (Lipinski definition) is 2. The summed E-state index contributed by atoms with van der Waals surface area (Å²) in [6.07, 6.45) is 0. The summed E-state index contributed by atoms with van der Waals surface area (Å²) in [5.41, 5.74) is 0.338. The third-order valence-corrected chi connectivity index (χ3v) is 3.17. The number of nitrogens with one attached hydrogen (secondary N) is 2. The van der Waals surface area contributed by atoms with Gasteiger partial charge in [-0.1, -0.05) is 18.2 Å². The van der Waals surface area contributed by atoms with Gasteiger partial charge in [-0.05, 0) is 20.8 Å². The fraction of sp³-hybridized carbons (Fsp3) is 0.533. The Morgan fingerprint density at radius 2 is 2.00 bits per heavy atom. The van der Waals surface area contributed by atoms with Crippen LogP contribution in [0.15, 0.2) is 29.3 Å². The Bertz CT molecular complexity index is 535. The minimum Gasteiger partial charge on any atom is -0.377 e. The van der Waals surface area contributed by atoms with Gasteiger partial charge >= 0.3 is 0 Å². The van der Waals surface area contributed by atoms with E-state index >= 15 is 0 Å². The Kier molecular flexibility index (Phi) is 9.73. The average Bonchev–Trinajstić information content (AvgIpc) is 2.50. The number of halogens is 1. The first-order valence-corrected chi connectivity index (χ1v) is 7.19. The van der Waals surface area contributed by atoms with E-state index in [1.807, 2.05) is 20.8 Å². The van der Waals surface area contributed by atoms with Crippen molar-refractivity contribution >= 4 is 35.6 Å². The van der Waals surface area contributed by atoms with Gasteiger partial charge in [0, 0.05) is 26.3 Å². The van der Waals surface area contributed by atoms with Crippen molar-refractivity contribution in [2.75, 3.05) is 20.2 Å². The van der Waals surface area contributed by atoms with Gasteiger partial charge in [-0.2, -0.15) is 0 Å². The van der Waals surface area contributed by atoms with Crippen molar-refractivity contribution in [1.82, 2.24) is 10.6 Å². The minimum atomic E-state index is -0.390. The summed E-state index contributed by atoms with van der Waals surface area (Å²) in [5.74, 6) is 0.603. The zero-order valence-corrected chi connectivity index (χ0v) is 16.3. The second kappa shape index (κ2) is 10.4. The molecule has 23 heavy (non-hydrogen) atoms. The molecule has 2 N–H and O–H groups in total. The first kappa shape index (κ1) is 21.6. The predicted octanol–water partition coefficient (Wildman–Crippen LogP) is 2.69. The molecular formula is C15H25IN4O3. The fourth-order valence-electron chi connectivity index (χ4n) is 1.70. The van der Waals surface area contributed by atoms with Gasteiger partial charge < -0.3 is 15.4 Å². The first-order chi connectivity index (χ1) is 10.4. The van der Waals surface area contributed by atoms with Crippen molar-refractivity contribution in [3.63, 3.8) is 0 Å². The van der Waals surface area contributed by atoms with Gasteiger partial charge in [-0.25, -0.2) is 4.99 Å². The molecule has 0 radical (unpaired) electrons. The van der Waals surface area contributed by atoms with E-state index in [0.29, 0.717) is 24.6 Å². The van der Waals surface area contributed by atoms with E-state index in [1.54, 1.807) is 25.3 Å². The zero-order chi connectivity index (χ0) is 16.6. The van der Waals surface area contributed by atoms with Gasteiger partial charge in [0.15, 0.2) is 5.96 Å². The number of nitro benzene ring substituents is 1. The van der Waals surface area contributed by atoms with Crippen LogP contribution in [0, 0.1) is 10.1 Å². The first-order valence-electron chi connectivity index (χ1n) is 7.19. The standard InChI is InChI=1S/C15H24N4O3.HI/c1-5-16-14(18-11-15(2,3)22-4)17-10-12-8-6-7-9-13(12)19(20)21;/h6-9H,5,10-11H2,1-4H3,(H2,16,17,18);1H. The Hall–Kier alpha value is -1.42. The van der Waals surface area contributed by atoms with Gasteiger partial charge in [-0.3, -0.25) is 10.1 Å². The molecular weight excluding hydrogens is 411 g/mol. The van der Waals surface area contributed by atoms with E-state index in [1.165, 1.54) is 6.07 Å². The lowest BCUT2D eigenvalue weighted by Crippen LogP contribution is -2.45. The van der Waals surface area contributed by atoms with Crippen molar-refractivity contribution < 1.29 is 9.66 Å². The smallest absolute Gasteiger partial charge is 0.274 e. The highest BCUT2D eigenvalue weighted by Crippen LogP contribution is 2.18. The van der Waals surface area contributed by atoms with Crippen LogP contribution >= 0.6 is 24.0 Å². The van der Waals surface area contributed by atoms with Gasteiger partial charge in [0.05, 0.1) is 22.6 Å². The molecule has 0 amide bonds. The Balaban J connectivity index is 0.00000484. The molecule has 0 aliphatic carbocycles. The van der Waals surface area contributed by atoms with Crippen molar-refractivity contribution in [2.45, 2.75) is 32.9 Å². The Morgan fingerprint density at radius 3 is 2.57 bits per heavy atom. The number of rotatable bonds is 7. The molecule has 0 unspecified atom stereocenters. The summed E-state index contributed by atoms with van der Waals surface area (Å²) < 4.78 is 5.34. The summed E-state index contributed by atoms with van der Waals surface area (Å²) in [6.45, 7) is 7.41. The quantitative estimate of drug-likeness (QED) is 0.226. The van der Waals surface area contributed by atoms with Crippen molar-refractivity contribution in [3.8, 4) is 0 Å². The molecule has 0 saturated carbocycles. The molecule has 0 heterocycles. The summed E-state index contributed by atoms with van der Waals surface area (Å²) >= 11 is 0. The number of benzene rings is 1. The number of ether oxygens (including phenoxy) is 1. The van der Waals surface area contributed by atoms with E-state index < -0.39 is 0 Å². The summed E-state index contributed by atoms with van der Waals surface area (Å²) in [7, 11) is 1.65. The number of methoxy groups -OCH3 is 1. The van der Waals surface area contributed by atoms with Gasteiger partial charge in [0.1, 0.15) is 0 Å². The molecule has 0 fully saturated rings. The topological polar surface area (TPSA) is 88.8 Å². The second-order valence-electron chi connectivity index (χ2n) is 5.40. The maximum atomic E-state index is 11.0. The minimum absolute atomic E-state index is 0. The summed E-state index contributed by atoms with van der Waals surface area (Å²) in [5, 5.41) is 17.3. The third-order valence-electron chi connectivity index (χ3n) is 3.17. The number of para-hydroxylation sites is 1. The highest BCUT2D eigenvalue weighted by Gasteiger charge is 2.17. The van der Waals surface area contributed by atoms with Crippen LogP contribution in [0.4, 0.5) is 5.69 Å². The van der Waals surface area contributed by atoms with Crippen LogP contribution < -0.4 is 10.6 Å². The van der Waals surface area contributed by atoms with E-state index in [0.717, 1.165) is 0 Å². The van der Waals surface area contributed by atoms with E-state index in [9.17, 15) is 10.1 Å². The molecule has 7 nitrogen and oxygen atoms in total. The molecule has 8 heteroatoms. The fourth-order valence-corrected chi connectivity index (χ4v) is 1.70. The van der Waals surface area contributed by atoms with E-state index in [-0.39, 0.29) is 46.7 Å². The molecule has 0 atom stereocenters. The predicted molar refractivity (Wildman–Crippen MR) is 102 cm³/mol. The van der Waals surface area contributed by atoms with Crippen LogP contribution in [0.2, 0.25) is 0 Å². The van der Waals surface area contributed by atoms with E-state index in [2.05, 4.69) is 15.6 Å². The number of aliphatic imine (C=N–C) groups is 1. The molecule has 0 saturated heterocycles. The Labute approximate surface area is 154 Å². The molecule has 130 valence electrons. The largest absolute Gasteiger partial charge is 0.377 e.